The van der Waals surface area contributed by atoms with Crippen molar-refractivity contribution in [1.82, 2.24) is 4.57 Å². The highest BCUT2D eigenvalue weighted by Crippen LogP contribution is 2.40. The minimum absolute atomic E-state index is 0.893. The largest absolute Gasteiger partial charge is 0.456 e. The molecule has 0 atom stereocenters. The summed E-state index contributed by atoms with van der Waals surface area (Å²) in [7, 11) is 0. The van der Waals surface area contributed by atoms with Gasteiger partial charge in [-0.2, -0.15) is 0 Å². The monoisotopic (exact) mass is 449 g/mol. The lowest BCUT2D eigenvalue weighted by Gasteiger charge is -2.07. The van der Waals surface area contributed by atoms with Gasteiger partial charge in [-0.1, -0.05) is 60.7 Å². The highest BCUT2D eigenvalue weighted by Gasteiger charge is 2.19. The molecule has 0 radical (unpaired) electrons. The molecule has 3 nitrogen and oxygen atoms in total. The van der Waals surface area contributed by atoms with Crippen LogP contribution in [0.3, 0.4) is 0 Å². The van der Waals surface area contributed by atoms with Crippen molar-refractivity contribution >= 4 is 54.9 Å². The van der Waals surface area contributed by atoms with Gasteiger partial charge in [-0.05, 0) is 65.7 Å². The van der Waals surface area contributed by atoms with Crippen LogP contribution in [0.4, 0.5) is 0 Å². The average Bonchev–Trinajstić information content (AvgIpc) is 3.57. The Morgan fingerprint density at radius 2 is 1.09 bits per heavy atom. The molecule has 5 aromatic carbocycles. The predicted octanol–water partition coefficient (Wildman–Crippen LogP) is 9.10. The fourth-order valence-electron chi connectivity index (χ4n) is 5.40. The van der Waals surface area contributed by atoms with E-state index in [9.17, 15) is 0 Å². The Bertz CT molecular complexity index is 2050. The molecular formula is C32H19NO2. The summed E-state index contributed by atoms with van der Waals surface area (Å²) >= 11 is 0. The molecular weight excluding hydrogens is 430 g/mol. The van der Waals surface area contributed by atoms with E-state index in [1.807, 2.05) is 18.2 Å². The van der Waals surface area contributed by atoms with Gasteiger partial charge in [0.1, 0.15) is 22.3 Å². The van der Waals surface area contributed by atoms with Crippen LogP contribution in [0.1, 0.15) is 0 Å². The summed E-state index contributed by atoms with van der Waals surface area (Å²) in [5, 5.41) is 4.50. The van der Waals surface area contributed by atoms with Crippen molar-refractivity contribution < 1.29 is 8.83 Å². The van der Waals surface area contributed by atoms with Crippen molar-refractivity contribution in [3.8, 4) is 16.8 Å². The second-order valence-corrected chi connectivity index (χ2v) is 8.99. The van der Waals surface area contributed by atoms with Gasteiger partial charge < -0.3 is 13.4 Å². The van der Waals surface area contributed by atoms with Crippen LogP contribution in [-0.2, 0) is 0 Å². The van der Waals surface area contributed by atoms with Crippen LogP contribution in [0.15, 0.2) is 124 Å². The van der Waals surface area contributed by atoms with Gasteiger partial charge in [0.05, 0.1) is 5.52 Å². The van der Waals surface area contributed by atoms with Gasteiger partial charge in [0.15, 0.2) is 5.58 Å². The Balaban J connectivity index is 1.42. The van der Waals surface area contributed by atoms with E-state index in [4.69, 9.17) is 8.83 Å². The molecule has 0 amide bonds. The number of para-hydroxylation sites is 3. The van der Waals surface area contributed by atoms with E-state index in [0.717, 1.165) is 71.7 Å². The first-order valence-corrected chi connectivity index (χ1v) is 11.8. The highest BCUT2D eigenvalue weighted by molar-refractivity contribution is 6.17. The lowest BCUT2D eigenvalue weighted by molar-refractivity contribution is 0.669. The molecule has 0 saturated carbocycles. The Labute approximate surface area is 200 Å². The van der Waals surface area contributed by atoms with Crippen molar-refractivity contribution in [2.75, 3.05) is 0 Å². The number of hydrogen-bond donors (Lipinski definition) is 0. The fraction of sp³-hybridized carbons (Fsp3) is 0. The van der Waals surface area contributed by atoms with E-state index in [-0.39, 0.29) is 0 Å². The maximum atomic E-state index is 6.44. The van der Waals surface area contributed by atoms with Crippen molar-refractivity contribution in [2.24, 2.45) is 0 Å². The third kappa shape index (κ3) is 2.61. The third-order valence-corrected chi connectivity index (χ3v) is 7.00. The lowest BCUT2D eigenvalue weighted by atomic mass is 10.0. The third-order valence-electron chi connectivity index (χ3n) is 7.00. The maximum Gasteiger partial charge on any atom is 0.161 e. The summed E-state index contributed by atoms with van der Waals surface area (Å²) in [5.74, 6) is 0. The van der Waals surface area contributed by atoms with E-state index in [1.165, 1.54) is 0 Å². The molecule has 3 heteroatoms. The first kappa shape index (κ1) is 18.6. The summed E-state index contributed by atoms with van der Waals surface area (Å²) in [6.45, 7) is 0. The molecule has 0 bridgehead atoms. The van der Waals surface area contributed by atoms with Crippen LogP contribution in [0.5, 0.6) is 0 Å². The normalized spacial score (nSPS) is 12.0. The molecule has 0 spiro atoms. The Morgan fingerprint density at radius 1 is 0.457 bits per heavy atom. The molecule has 35 heavy (non-hydrogen) atoms. The topological polar surface area (TPSA) is 31.2 Å². The van der Waals surface area contributed by atoms with Crippen LogP contribution in [-0.4, -0.2) is 4.57 Å². The van der Waals surface area contributed by atoms with E-state index in [0.29, 0.717) is 0 Å². The van der Waals surface area contributed by atoms with Gasteiger partial charge in [0, 0.05) is 27.2 Å². The number of aromatic nitrogens is 1. The van der Waals surface area contributed by atoms with Crippen LogP contribution >= 0.6 is 0 Å². The van der Waals surface area contributed by atoms with Gasteiger partial charge >= 0.3 is 0 Å². The standard InChI is InChI=1S/C32H19NO2/c1-2-8-22(9-3-1)33-27-12-6-4-11-24(27)32-31(33)26-19-21(15-17-30(26)35-32)20-14-16-29-25(18-20)23-10-5-7-13-28(23)34-29/h1-19H. The molecule has 164 valence electrons. The van der Waals surface area contributed by atoms with Crippen molar-refractivity contribution in [1.29, 1.82) is 0 Å². The highest BCUT2D eigenvalue weighted by atomic mass is 16.3. The van der Waals surface area contributed by atoms with Crippen LogP contribution in [0.25, 0.3) is 71.7 Å². The zero-order valence-corrected chi connectivity index (χ0v) is 18.7. The Hall–Kier alpha value is -4.76. The molecule has 0 N–H and O–H groups in total. The van der Waals surface area contributed by atoms with Crippen molar-refractivity contribution in [3.05, 3.63) is 115 Å². The number of benzene rings is 5. The van der Waals surface area contributed by atoms with Crippen molar-refractivity contribution in [3.63, 3.8) is 0 Å². The predicted molar refractivity (Wildman–Crippen MR) is 143 cm³/mol. The Kier molecular flexibility index (Phi) is 3.66. The average molecular weight is 450 g/mol. The summed E-state index contributed by atoms with van der Waals surface area (Å²) in [4.78, 5) is 0. The minimum Gasteiger partial charge on any atom is -0.456 e. The first-order valence-electron chi connectivity index (χ1n) is 11.8. The Morgan fingerprint density at radius 3 is 1.91 bits per heavy atom. The van der Waals surface area contributed by atoms with E-state index in [2.05, 4.69) is 102 Å². The summed E-state index contributed by atoms with van der Waals surface area (Å²) in [5.41, 5.74) is 9.31. The second-order valence-electron chi connectivity index (χ2n) is 8.99. The first-order chi connectivity index (χ1) is 17.3. The quantitative estimate of drug-likeness (QED) is 0.263. The van der Waals surface area contributed by atoms with Crippen LogP contribution in [0.2, 0.25) is 0 Å². The number of rotatable bonds is 2. The van der Waals surface area contributed by atoms with E-state index >= 15 is 0 Å². The minimum atomic E-state index is 0.893. The van der Waals surface area contributed by atoms with E-state index in [1.54, 1.807) is 0 Å². The smallest absolute Gasteiger partial charge is 0.161 e. The molecule has 3 aromatic heterocycles. The molecule has 3 heterocycles. The molecule has 0 saturated heterocycles. The summed E-state index contributed by atoms with van der Waals surface area (Å²) in [6.07, 6.45) is 0. The van der Waals surface area contributed by atoms with Crippen molar-refractivity contribution in [2.45, 2.75) is 0 Å². The van der Waals surface area contributed by atoms with E-state index < -0.39 is 0 Å². The zero-order valence-electron chi connectivity index (χ0n) is 18.7. The summed E-state index contributed by atoms with van der Waals surface area (Å²) < 4.78 is 14.8. The van der Waals surface area contributed by atoms with Crippen LogP contribution in [0, 0.1) is 0 Å². The van der Waals surface area contributed by atoms with Gasteiger partial charge in [0.25, 0.3) is 0 Å². The molecule has 8 aromatic rings. The van der Waals surface area contributed by atoms with Gasteiger partial charge in [-0.3, -0.25) is 0 Å². The molecule has 0 aliphatic rings. The maximum absolute atomic E-state index is 6.44. The van der Waals surface area contributed by atoms with Crippen LogP contribution < -0.4 is 0 Å². The van der Waals surface area contributed by atoms with Gasteiger partial charge in [-0.15, -0.1) is 0 Å². The SMILES string of the molecule is c1ccc(-n2c3ccccc3c3oc4ccc(-c5ccc6oc7ccccc7c6c5)cc4c32)cc1. The lowest BCUT2D eigenvalue weighted by Crippen LogP contribution is -1.92. The van der Waals surface area contributed by atoms with Gasteiger partial charge in [0.2, 0.25) is 0 Å². The van der Waals surface area contributed by atoms with Gasteiger partial charge in [-0.25, -0.2) is 0 Å². The number of fused-ring (bicyclic) bond motifs is 8. The number of furan rings is 2. The molecule has 0 unspecified atom stereocenters. The molecule has 8 rings (SSSR count). The number of nitrogens with zero attached hydrogens (tertiary/aromatic N) is 1. The molecule has 0 fully saturated rings. The second kappa shape index (κ2) is 6.87. The zero-order chi connectivity index (χ0) is 22.9. The fourth-order valence-corrected chi connectivity index (χ4v) is 5.40. The number of hydrogen-bond acceptors (Lipinski definition) is 2. The molecule has 0 aliphatic heterocycles. The molecule has 0 aliphatic carbocycles. The summed E-state index contributed by atoms with van der Waals surface area (Å²) in [6, 6.07) is 40.1.